The first-order valence-corrected chi connectivity index (χ1v) is 3.75. The molecule has 0 amide bonds. The van der Waals surface area contributed by atoms with Crippen LogP contribution in [-0.4, -0.2) is 16.6 Å². The lowest BCUT2D eigenvalue weighted by Gasteiger charge is -2.03. The average molecular weight is 168 g/mol. The van der Waals surface area contributed by atoms with Crippen molar-refractivity contribution in [3.8, 4) is 5.88 Å². The third-order valence-corrected chi connectivity index (χ3v) is 1.19. The summed E-state index contributed by atoms with van der Waals surface area (Å²) in [6.45, 7) is 2.61. The summed E-state index contributed by atoms with van der Waals surface area (Å²) in [5.41, 5.74) is 10.8. The van der Waals surface area contributed by atoms with Crippen LogP contribution in [-0.2, 0) is 0 Å². The number of nitrogens with zero attached hydrogens (tertiary/aromatic N) is 2. The Bertz CT molecular complexity index is 243. The van der Waals surface area contributed by atoms with Gasteiger partial charge in [0, 0.05) is 6.07 Å². The Morgan fingerprint density at radius 3 is 2.75 bits per heavy atom. The minimum atomic E-state index is 0.140. The first kappa shape index (κ1) is 8.58. The molecule has 4 N–H and O–H groups in total. The van der Waals surface area contributed by atoms with Gasteiger partial charge in [-0.15, -0.1) is 0 Å². The van der Waals surface area contributed by atoms with E-state index in [9.17, 15) is 0 Å². The number of hydrogen-bond donors (Lipinski definition) is 2. The molecule has 0 aromatic carbocycles. The lowest BCUT2D eigenvalue weighted by Crippen LogP contribution is -2.03. The zero-order valence-corrected chi connectivity index (χ0v) is 6.95. The minimum absolute atomic E-state index is 0.140. The Balaban J connectivity index is 2.72. The van der Waals surface area contributed by atoms with Crippen LogP contribution in [0.4, 0.5) is 11.8 Å². The summed E-state index contributed by atoms with van der Waals surface area (Å²) in [4.78, 5) is 7.54. The predicted molar refractivity (Wildman–Crippen MR) is 46.6 cm³/mol. The third kappa shape index (κ3) is 2.26. The zero-order chi connectivity index (χ0) is 8.97. The van der Waals surface area contributed by atoms with Gasteiger partial charge in [-0.25, -0.2) is 0 Å². The van der Waals surface area contributed by atoms with Crippen molar-refractivity contribution in [2.45, 2.75) is 13.3 Å². The molecule has 0 aliphatic heterocycles. The van der Waals surface area contributed by atoms with Crippen molar-refractivity contribution >= 4 is 11.8 Å². The van der Waals surface area contributed by atoms with Gasteiger partial charge >= 0.3 is 0 Å². The van der Waals surface area contributed by atoms with E-state index < -0.39 is 0 Å². The van der Waals surface area contributed by atoms with Crippen LogP contribution in [0.25, 0.3) is 0 Å². The van der Waals surface area contributed by atoms with E-state index in [1.165, 1.54) is 0 Å². The topological polar surface area (TPSA) is 87.0 Å². The van der Waals surface area contributed by atoms with Crippen LogP contribution >= 0.6 is 0 Å². The van der Waals surface area contributed by atoms with Gasteiger partial charge in [0.15, 0.2) is 0 Å². The summed E-state index contributed by atoms with van der Waals surface area (Å²) in [7, 11) is 0. The molecule has 0 saturated heterocycles. The smallest absolute Gasteiger partial charge is 0.225 e. The predicted octanol–water partition coefficient (Wildman–Crippen LogP) is 0.430. The van der Waals surface area contributed by atoms with Crippen LogP contribution in [0, 0.1) is 0 Å². The highest BCUT2D eigenvalue weighted by Crippen LogP contribution is 2.11. The van der Waals surface area contributed by atoms with E-state index in [2.05, 4.69) is 9.97 Å². The van der Waals surface area contributed by atoms with Crippen LogP contribution < -0.4 is 16.2 Å². The molecule has 1 aromatic heterocycles. The number of hydrogen-bond acceptors (Lipinski definition) is 5. The maximum atomic E-state index is 5.42. The Hall–Kier alpha value is -1.52. The molecule has 0 radical (unpaired) electrons. The maximum absolute atomic E-state index is 5.42. The molecule has 1 aromatic rings. The van der Waals surface area contributed by atoms with Gasteiger partial charge in [0.2, 0.25) is 11.8 Å². The molecular formula is C7H12N4O. The van der Waals surface area contributed by atoms with Crippen molar-refractivity contribution in [1.29, 1.82) is 0 Å². The van der Waals surface area contributed by atoms with E-state index in [1.807, 2.05) is 6.92 Å². The molecule has 1 rings (SSSR count). The summed E-state index contributed by atoms with van der Waals surface area (Å²) < 4.78 is 5.21. The van der Waals surface area contributed by atoms with Crippen LogP contribution in [0.5, 0.6) is 5.88 Å². The van der Waals surface area contributed by atoms with Gasteiger partial charge in [-0.2, -0.15) is 9.97 Å². The normalized spacial score (nSPS) is 9.75. The third-order valence-electron chi connectivity index (χ3n) is 1.19. The molecule has 1 heterocycles. The second-order valence-electron chi connectivity index (χ2n) is 2.34. The van der Waals surface area contributed by atoms with Crippen molar-refractivity contribution in [2.75, 3.05) is 18.1 Å². The van der Waals surface area contributed by atoms with Crippen molar-refractivity contribution in [2.24, 2.45) is 0 Å². The van der Waals surface area contributed by atoms with Crippen LogP contribution in [0.15, 0.2) is 6.07 Å². The Morgan fingerprint density at radius 1 is 1.42 bits per heavy atom. The second-order valence-corrected chi connectivity index (χ2v) is 2.34. The highest BCUT2D eigenvalue weighted by Gasteiger charge is 1.98. The largest absolute Gasteiger partial charge is 0.477 e. The van der Waals surface area contributed by atoms with Gasteiger partial charge in [0.25, 0.3) is 0 Å². The van der Waals surface area contributed by atoms with E-state index >= 15 is 0 Å². The molecule has 0 aliphatic rings. The first-order valence-electron chi connectivity index (χ1n) is 3.75. The van der Waals surface area contributed by atoms with E-state index in [4.69, 9.17) is 16.2 Å². The van der Waals surface area contributed by atoms with Gasteiger partial charge in [-0.05, 0) is 6.42 Å². The molecule has 66 valence electrons. The fraction of sp³-hybridized carbons (Fsp3) is 0.429. The standard InChI is InChI=1S/C7H12N4O/c1-2-3-12-6-4-5(8)10-7(9)11-6/h4H,2-3H2,1H3,(H4,8,9,10,11). The second kappa shape index (κ2) is 3.75. The van der Waals surface area contributed by atoms with E-state index in [-0.39, 0.29) is 5.95 Å². The number of nitrogen functional groups attached to an aromatic ring is 2. The summed E-state index contributed by atoms with van der Waals surface area (Å²) in [5.74, 6) is 0.900. The van der Waals surface area contributed by atoms with Crippen LogP contribution in [0.1, 0.15) is 13.3 Å². The average Bonchev–Trinajstić information content (AvgIpc) is 1.99. The zero-order valence-electron chi connectivity index (χ0n) is 6.95. The number of aromatic nitrogens is 2. The quantitative estimate of drug-likeness (QED) is 0.683. The van der Waals surface area contributed by atoms with Crippen molar-refractivity contribution in [3.63, 3.8) is 0 Å². The highest BCUT2D eigenvalue weighted by atomic mass is 16.5. The van der Waals surface area contributed by atoms with Crippen molar-refractivity contribution in [1.82, 2.24) is 9.97 Å². The van der Waals surface area contributed by atoms with Crippen molar-refractivity contribution in [3.05, 3.63) is 6.07 Å². The lowest BCUT2D eigenvalue weighted by molar-refractivity contribution is 0.305. The Kier molecular flexibility index (Phi) is 2.68. The van der Waals surface area contributed by atoms with Gasteiger partial charge in [0.05, 0.1) is 6.61 Å². The molecule has 12 heavy (non-hydrogen) atoms. The summed E-state index contributed by atoms with van der Waals surface area (Å²) in [5, 5.41) is 0. The van der Waals surface area contributed by atoms with Crippen molar-refractivity contribution < 1.29 is 4.74 Å². The maximum Gasteiger partial charge on any atom is 0.225 e. The van der Waals surface area contributed by atoms with Crippen LogP contribution in [0.3, 0.4) is 0 Å². The number of ether oxygens (including phenoxy) is 1. The molecule has 0 spiro atoms. The van der Waals surface area contributed by atoms with Gasteiger partial charge in [0.1, 0.15) is 5.82 Å². The van der Waals surface area contributed by atoms with E-state index in [1.54, 1.807) is 6.07 Å². The van der Waals surface area contributed by atoms with E-state index in [0.29, 0.717) is 18.3 Å². The number of rotatable bonds is 3. The molecular weight excluding hydrogens is 156 g/mol. The fourth-order valence-electron chi connectivity index (χ4n) is 0.742. The van der Waals surface area contributed by atoms with Gasteiger partial charge in [-0.1, -0.05) is 6.92 Å². The summed E-state index contributed by atoms with van der Waals surface area (Å²) in [6, 6.07) is 1.55. The van der Waals surface area contributed by atoms with E-state index in [0.717, 1.165) is 6.42 Å². The molecule has 0 saturated carbocycles. The number of nitrogens with two attached hydrogens (primary N) is 2. The molecule has 0 unspecified atom stereocenters. The first-order chi connectivity index (χ1) is 5.72. The number of anilines is 2. The molecule has 0 fully saturated rings. The highest BCUT2D eigenvalue weighted by molar-refractivity contribution is 5.38. The molecule has 0 atom stereocenters. The lowest BCUT2D eigenvalue weighted by atomic mass is 10.5. The van der Waals surface area contributed by atoms with Crippen LogP contribution in [0.2, 0.25) is 0 Å². The molecule has 0 bridgehead atoms. The molecule has 0 aliphatic carbocycles. The Labute approximate surface area is 70.8 Å². The van der Waals surface area contributed by atoms with Gasteiger partial charge < -0.3 is 16.2 Å². The summed E-state index contributed by atoms with van der Waals surface area (Å²) >= 11 is 0. The minimum Gasteiger partial charge on any atom is -0.477 e. The monoisotopic (exact) mass is 168 g/mol. The molecule has 5 nitrogen and oxygen atoms in total. The fourth-order valence-corrected chi connectivity index (χ4v) is 0.742. The SMILES string of the molecule is CCCOc1cc(N)nc(N)n1. The molecule has 5 heteroatoms. The van der Waals surface area contributed by atoms with Gasteiger partial charge in [-0.3, -0.25) is 0 Å². The Morgan fingerprint density at radius 2 is 2.17 bits per heavy atom. The summed E-state index contributed by atoms with van der Waals surface area (Å²) in [6.07, 6.45) is 0.920.